The molecule has 2 aliphatic rings. The highest BCUT2D eigenvalue weighted by Crippen LogP contribution is 2.39. The number of hydrogen-bond acceptors (Lipinski definition) is 12. The van der Waals surface area contributed by atoms with Gasteiger partial charge in [0.15, 0.2) is 36.1 Å². The van der Waals surface area contributed by atoms with E-state index in [9.17, 15) is 19.2 Å². The van der Waals surface area contributed by atoms with E-state index in [2.05, 4.69) is 20.4 Å². The molecule has 1 fully saturated rings. The first-order valence-corrected chi connectivity index (χ1v) is 14.2. The summed E-state index contributed by atoms with van der Waals surface area (Å²) in [7, 11) is 1.80. The highest BCUT2D eigenvalue weighted by Gasteiger charge is 2.53. The number of nitrogens with two attached hydrogens (primary N) is 2. The number of thioether (sulfide) groups is 1. The number of anilines is 2. The molecular formula is C23H23ClN9O6S2+. The van der Waals surface area contributed by atoms with E-state index in [1.165, 1.54) is 23.6 Å². The van der Waals surface area contributed by atoms with Crippen LogP contribution in [-0.2, 0) is 37.6 Å². The van der Waals surface area contributed by atoms with Crippen molar-refractivity contribution in [2.75, 3.05) is 17.2 Å². The molecular weight excluding hydrogens is 598 g/mol. The number of oxime groups is 1. The molecule has 3 aromatic rings. The molecule has 0 spiro atoms. The number of nitrogens with one attached hydrogen (secondary N) is 1. The fourth-order valence-electron chi connectivity index (χ4n) is 4.27. The minimum absolute atomic E-state index is 0.0249. The number of thiazole rings is 1. The molecule has 6 N–H and O–H groups in total. The normalized spacial score (nSPS) is 19.5. The molecule has 2 unspecified atom stereocenters. The van der Waals surface area contributed by atoms with Crippen LogP contribution < -0.4 is 21.4 Å². The molecule has 0 aromatic carbocycles. The molecule has 2 amide bonds. The number of aliphatic carboxylic acids is 1. The molecule has 3 aromatic heterocycles. The first-order chi connectivity index (χ1) is 19.5. The summed E-state index contributed by atoms with van der Waals surface area (Å²) in [6.07, 6.45) is 2.92. The number of halogens is 1. The molecule has 5 rings (SSSR count). The lowest BCUT2D eigenvalue weighted by Crippen LogP contribution is -2.70. The molecule has 0 radical (unpaired) electrons. The second kappa shape index (κ2) is 11.0. The number of allylic oxidation sites excluding steroid dienone is 1. The standard InChI is InChI=1S/C23H22ClN9O6S2/c1-9(21(37)38)39-30-15(14-17(24)41-23(26)29-14)18(35)28-16-19(36)33-13(7-34)10(8-40-20(16)33)5-32-4-3-11-12(6-32)31(2)22(25)27-11/h3-4,6-7,9,16,20,25H,5,8H2,1-2H3,(H4,26,28,29,35,37,38)/p+1/b30-15-/t9-,16?,20?/m0/s1. The maximum Gasteiger partial charge on any atom is 0.347 e. The summed E-state index contributed by atoms with van der Waals surface area (Å²) in [5.74, 6) is -1.90. The van der Waals surface area contributed by atoms with Crippen LogP contribution in [0.15, 0.2) is 34.9 Å². The number of aldehydes is 1. The van der Waals surface area contributed by atoms with Gasteiger partial charge >= 0.3 is 5.97 Å². The molecule has 18 heteroatoms. The van der Waals surface area contributed by atoms with Crippen LogP contribution in [0, 0.1) is 0 Å². The van der Waals surface area contributed by atoms with Gasteiger partial charge in [-0.15, -0.1) is 11.8 Å². The quantitative estimate of drug-likeness (QED) is 0.0814. The first-order valence-electron chi connectivity index (χ1n) is 11.9. The van der Waals surface area contributed by atoms with Gasteiger partial charge in [-0.3, -0.25) is 19.3 Å². The fourth-order valence-corrected chi connectivity index (χ4v) is 6.56. The minimum atomic E-state index is -1.38. The number of carboxylic acids is 1. The van der Waals surface area contributed by atoms with Crippen LogP contribution in [0.3, 0.4) is 0 Å². The zero-order valence-corrected chi connectivity index (χ0v) is 23.9. The Balaban J connectivity index is 1.35. The minimum Gasteiger partial charge on any atom is -0.478 e. The number of β-lactam (4-membered cyclic amide) rings is 1. The van der Waals surface area contributed by atoms with Crippen LogP contribution >= 0.6 is 34.7 Å². The summed E-state index contributed by atoms with van der Waals surface area (Å²) in [5, 5.41) is 14.8. The predicted molar refractivity (Wildman–Crippen MR) is 150 cm³/mol. The predicted octanol–water partition coefficient (Wildman–Crippen LogP) is -0.118. The Kier molecular flexibility index (Phi) is 7.58. The van der Waals surface area contributed by atoms with E-state index in [0.29, 0.717) is 24.5 Å². The van der Waals surface area contributed by atoms with Gasteiger partial charge in [0.05, 0.1) is 5.70 Å². The van der Waals surface area contributed by atoms with Gasteiger partial charge < -0.3 is 31.3 Å². The number of aromatic nitrogens is 4. The average molecular weight is 621 g/mol. The second-order valence-corrected chi connectivity index (χ2v) is 11.8. The molecule has 15 nitrogen and oxygen atoms in total. The molecule has 0 saturated carbocycles. The third-order valence-electron chi connectivity index (χ3n) is 6.47. The Hall–Kier alpha value is -4.22. The van der Waals surface area contributed by atoms with Crippen molar-refractivity contribution in [3.05, 3.63) is 39.8 Å². The summed E-state index contributed by atoms with van der Waals surface area (Å²) in [4.78, 5) is 64.2. The van der Waals surface area contributed by atoms with Gasteiger partial charge in [-0.2, -0.15) is 4.57 Å². The smallest absolute Gasteiger partial charge is 0.347 e. The monoisotopic (exact) mass is 620 g/mol. The lowest BCUT2D eigenvalue weighted by Gasteiger charge is -2.49. The zero-order valence-electron chi connectivity index (χ0n) is 21.5. The number of rotatable bonds is 9. The highest BCUT2D eigenvalue weighted by atomic mass is 35.5. The van der Waals surface area contributed by atoms with Crippen molar-refractivity contribution in [3.63, 3.8) is 0 Å². The zero-order chi connectivity index (χ0) is 29.6. The van der Waals surface area contributed by atoms with Crippen LogP contribution in [0.5, 0.6) is 0 Å². The lowest BCUT2D eigenvalue weighted by atomic mass is 10.0. The number of fused-ring (bicyclic) bond motifs is 2. The van der Waals surface area contributed by atoms with Crippen LogP contribution in [0.2, 0.25) is 4.34 Å². The van der Waals surface area contributed by atoms with Gasteiger partial charge in [0.25, 0.3) is 11.8 Å². The number of aryl methyl sites for hydroxylation is 1. The van der Waals surface area contributed by atoms with Crippen LogP contribution in [0.4, 0.5) is 11.1 Å². The van der Waals surface area contributed by atoms with E-state index in [4.69, 9.17) is 33.0 Å². The van der Waals surface area contributed by atoms with Crippen molar-refractivity contribution in [2.24, 2.45) is 12.2 Å². The summed E-state index contributed by atoms with van der Waals surface area (Å²) in [6, 6.07) is 0.816. The number of carbonyl (C=O) groups is 4. The number of carboxylic acid groups (broad SMARTS) is 1. The average Bonchev–Trinajstić information content (AvgIpc) is 3.42. The van der Waals surface area contributed by atoms with Gasteiger partial charge in [0, 0.05) is 24.4 Å². The molecule has 3 atom stereocenters. The molecule has 0 aliphatic carbocycles. The number of nitrogen functional groups attached to an aromatic ring is 2. The Morgan fingerprint density at radius 2 is 2.17 bits per heavy atom. The lowest BCUT2D eigenvalue weighted by molar-refractivity contribution is -0.687. The highest BCUT2D eigenvalue weighted by molar-refractivity contribution is 8.00. The van der Waals surface area contributed by atoms with Crippen molar-refractivity contribution in [1.82, 2.24) is 24.8 Å². The number of carbonyl (C=O) groups excluding carboxylic acids is 3. The van der Waals surface area contributed by atoms with Gasteiger partial charge in [0.2, 0.25) is 12.1 Å². The first kappa shape index (κ1) is 28.3. The van der Waals surface area contributed by atoms with E-state index >= 15 is 0 Å². The number of pyridine rings is 1. The van der Waals surface area contributed by atoms with E-state index in [1.807, 2.05) is 23.0 Å². The third kappa shape index (κ3) is 5.18. The Morgan fingerprint density at radius 3 is 2.83 bits per heavy atom. The van der Waals surface area contributed by atoms with Crippen molar-refractivity contribution < 1.29 is 33.7 Å². The maximum absolute atomic E-state index is 13.2. The van der Waals surface area contributed by atoms with Gasteiger partial charge in [-0.1, -0.05) is 28.1 Å². The number of nitrogens with zero attached hydrogens (tertiary/aromatic N) is 6. The number of amides is 2. The topological polar surface area (TPSA) is 212 Å². The van der Waals surface area contributed by atoms with E-state index in [0.717, 1.165) is 27.9 Å². The van der Waals surface area contributed by atoms with Crippen molar-refractivity contribution in [3.8, 4) is 0 Å². The van der Waals surface area contributed by atoms with Crippen molar-refractivity contribution >= 4 is 86.6 Å². The SMILES string of the molecule is C[C@H](O/N=C(\C(=O)NC1C(=O)N2C(C=O)=C(C[n+]3ccc4nc(N)n(C)c4c3)CSC12)c1nc(N)sc1Cl)C(=O)O. The second-order valence-electron chi connectivity index (χ2n) is 9.08. The number of imidazole rings is 1. The van der Waals surface area contributed by atoms with Crippen molar-refractivity contribution in [1.29, 1.82) is 0 Å². The molecule has 214 valence electrons. The van der Waals surface area contributed by atoms with Gasteiger partial charge in [-0.25, -0.2) is 14.8 Å². The van der Waals surface area contributed by atoms with Gasteiger partial charge in [0.1, 0.15) is 32.5 Å². The van der Waals surface area contributed by atoms with E-state index in [1.54, 1.807) is 11.6 Å². The molecule has 1 saturated heterocycles. The fraction of sp³-hybridized carbons (Fsp3) is 0.304. The molecule has 41 heavy (non-hydrogen) atoms. The molecule has 2 aliphatic heterocycles. The van der Waals surface area contributed by atoms with Crippen LogP contribution in [-0.4, -0.2) is 77.6 Å². The van der Waals surface area contributed by atoms with Crippen LogP contribution in [0.25, 0.3) is 11.0 Å². The van der Waals surface area contributed by atoms with Crippen molar-refractivity contribution in [2.45, 2.75) is 31.0 Å². The van der Waals surface area contributed by atoms with Crippen LogP contribution in [0.1, 0.15) is 12.6 Å². The summed E-state index contributed by atoms with van der Waals surface area (Å²) in [6.45, 7) is 1.56. The van der Waals surface area contributed by atoms with Gasteiger partial charge in [-0.05, 0) is 6.92 Å². The Labute approximate surface area is 244 Å². The Morgan fingerprint density at radius 1 is 1.41 bits per heavy atom. The summed E-state index contributed by atoms with van der Waals surface area (Å²) >= 11 is 8.41. The summed E-state index contributed by atoms with van der Waals surface area (Å²) < 4.78 is 3.64. The number of hydrogen-bond donors (Lipinski definition) is 4. The molecule has 0 bridgehead atoms. The third-order valence-corrected chi connectivity index (χ3v) is 8.89. The Bertz CT molecular complexity index is 1670. The maximum atomic E-state index is 13.2. The largest absolute Gasteiger partial charge is 0.478 e. The van der Waals surface area contributed by atoms with E-state index in [-0.39, 0.29) is 20.9 Å². The summed E-state index contributed by atoms with van der Waals surface area (Å²) in [5.41, 5.74) is 13.5. The van der Waals surface area contributed by atoms with E-state index < -0.39 is 41.0 Å². The molecule has 5 heterocycles.